The summed E-state index contributed by atoms with van der Waals surface area (Å²) in [7, 11) is 0. The number of halogens is 1. The molecule has 0 spiro atoms. The first kappa shape index (κ1) is 25.0. The van der Waals surface area contributed by atoms with Gasteiger partial charge in [0, 0.05) is 25.0 Å². The highest BCUT2D eigenvalue weighted by molar-refractivity contribution is 14.0. The number of rotatable bonds is 7. The molecule has 0 saturated heterocycles. The van der Waals surface area contributed by atoms with E-state index < -0.39 is 0 Å². The van der Waals surface area contributed by atoms with Crippen LogP contribution in [0.2, 0.25) is 0 Å². The molecule has 0 aliphatic carbocycles. The lowest BCUT2D eigenvalue weighted by Gasteiger charge is -2.29. The van der Waals surface area contributed by atoms with Gasteiger partial charge in [0.15, 0.2) is 12.6 Å². The predicted molar refractivity (Wildman–Crippen MR) is 132 cm³/mol. The highest BCUT2D eigenvalue weighted by atomic mass is 127. The van der Waals surface area contributed by atoms with E-state index in [2.05, 4.69) is 41.4 Å². The molecule has 3 rings (SSSR count). The third kappa shape index (κ3) is 6.84. The van der Waals surface area contributed by atoms with Gasteiger partial charge >= 0.3 is 0 Å². The molecular weight excluding hydrogens is 509 g/mol. The number of anilines is 1. The first-order valence-corrected chi connectivity index (χ1v) is 10.4. The molecule has 0 atom stereocenters. The third-order valence-corrected chi connectivity index (χ3v) is 4.67. The van der Waals surface area contributed by atoms with Crippen LogP contribution in [-0.4, -0.2) is 43.1 Å². The van der Waals surface area contributed by atoms with Gasteiger partial charge in [0.25, 0.3) is 5.91 Å². The fourth-order valence-corrected chi connectivity index (χ4v) is 3.06. The van der Waals surface area contributed by atoms with Crippen LogP contribution in [0.3, 0.4) is 0 Å². The number of oxazole rings is 1. The number of fused-ring (bicyclic) bond motifs is 1. The average molecular weight is 541 g/mol. The van der Waals surface area contributed by atoms with E-state index in [1.165, 1.54) is 0 Å². The first-order chi connectivity index (χ1) is 14.4. The second-order valence-electron chi connectivity index (χ2n) is 8.15. The Balaban J connectivity index is 0.00000341. The van der Waals surface area contributed by atoms with E-state index in [-0.39, 0.29) is 41.9 Å². The van der Waals surface area contributed by atoms with Crippen LogP contribution < -0.4 is 20.3 Å². The van der Waals surface area contributed by atoms with Crippen molar-refractivity contribution in [2.24, 2.45) is 4.99 Å². The van der Waals surface area contributed by atoms with E-state index in [0.29, 0.717) is 31.5 Å². The predicted octanol–water partition coefficient (Wildman–Crippen LogP) is 3.46. The summed E-state index contributed by atoms with van der Waals surface area (Å²) in [6.45, 7) is 10.8. The summed E-state index contributed by atoms with van der Waals surface area (Å²) < 4.78 is 11.3. The topological polar surface area (TPSA) is 92.0 Å². The zero-order valence-corrected chi connectivity index (χ0v) is 20.9. The minimum atomic E-state index is -0.0761. The van der Waals surface area contributed by atoms with E-state index in [0.717, 1.165) is 30.2 Å². The Morgan fingerprint density at radius 1 is 1.26 bits per heavy atom. The molecule has 0 bridgehead atoms. The Morgan fingerprint density at radius 3 is 2.74 bits per heavy atom. The van der Waals surface area contributed by atoms with E-state index in [1.807, 2.05) is 31.2 Å². The van der Waals surface area contributed by atoms with Crippen LogP contribution in [-0.2, 0) is 16.8 Å². The molecule has 0 saturated carbocycles. The van der Waals surface area contributed by atoms with Crippen molar-refractivity contribution in [1.82, 2.24) is 15.6 Å². The maximum absolute atomic E-state index is 12.2. The van der Waals surface area contributed by atoms with Gasteiger partial charge in [-0.05, 0) is 25.5 Å². The number of benzene rings is 1. The molecule has 0 unspecified atom stereocenters. The monoisotopic (exact) mass is 541 g/mol. The Bertz CT molecular complexity index is 891. The van der Waals surface area contributed by atoms with E-state index in [4.69, 9.17) is 9.15 Å². The molecule has 170 valence electrons. The Hall–Kier alpha value is -2.30. The number of hydrogen-bond acceptors (Lipinski definition) is 5. The summed E-state index contributed by atoms with van der Waals surface area (Å²) >= 11 is 0. The van der Waals surface area contributed by atoms with E-state index >= 15 is 0 Å². The molecule has 1 aliphatic heterocycles. The molecule has 2 N–H and O–H groups in total. The number of guanidine groups is 1. The lowest BCUT2D eigenvalue weighted by atomic mass is 9.94. The van der Waals surface area contributed by atoms with Crippen LogP contribution in [0.4, 0.5) is 5.69 Å². The maximum Gasteiger partial charge on any atom is 0.265 e. The van der Waals surface area contributed by atoms with Crippen LogP contribution in [0.1, 0.15) is 45.8 Å². The Kier molecular flexibility index (Phi) is 9.15. The number of aromatic nitrogens is 1. The smallest absolute Gasteiger partial charge is 0.265 e. The van der Waals surface area contributed by atoms with Crippen molar-refractivity contribution in [2.45, 2.75) is 46.1 Å². The van der Waals surface area contributed by atoms with Crippen LogP contribution in [0.5, 0.6) is 5.75 Å². The van der Waals surface area contributed by atoms with Gasteiger partial charge in [-0.2, -0.15) is 0 Å². The summed E-state index contributed by atoms with van der Waals surface area (Å²) in [5.41, 5.74) is 0.751. The van der Waals surface area contributed by atoms with Crippen LogP contribution in [0, 0.1) is 0 Å². The summed E-state index contributed by atoms with van der Waals surface area (Å²) in [6.07, 6.45) is 2.54. The molecule has 8 nitrogen and oxygen atoms in total. The van der Waals surface area contributed by atoms with Gasteiger partial charge in [0.1, 0.15) is 18.1 Å². The van der Waals surface area contributed by atoms with Gasteiger partial charge in [-0.1, -0.05) is 32.9 Å². The van der Waals surface area contributed by atoms with Crippen molar-refractivity contribution >= 4 is 41.5 Å². The average Bonchev–Trinajstić information content (AvgIpc) is 3.20. The number of nitrogens with one attached hydrogen (secondary N) is 2. The summed E-state index contributed by atoms with van der Waals surface area (Å²) in [5.74, 6) is 2.86. The van der Waals surface area contributed by atoms with E-state index in [1.54, 1.807) is 11.1 Å². The molecule has 1 aromatic carbocycles. The highest BCUT2D eigenvalue weighted by Crippen LogP contribution is 2.31. The molecule has 2 heterocycles. The number of carbonyl (C=O) groups is 1. The quantitative estimate of drug-likeness (QED) is 0.242. The van der Waals surface area contributed by atoms with Crippen LogP contribution in [0.15, 0.2) is 39.9 Å². The number of hydrogen-bond donors (Lipinski definition) is 2. The van der Waals surface area contributed by atoms with Crippen LogP contribution >= 0.6 is 24.0 Å². The van der Waals surface area contributed by atoms with Gasteiger partial charge in [0.05, 0.1) is 11.9 Å². The van der Waals surface area contributed by atoms with Crippen molar-refractivity contribution in [3.05, 3.63) is 42.1 Å². The number of ether oxygens (including phenoxy) is 1. The fraction of sp³-hybridized carbons (Fsp3) is 0.500. The molecule has 31 heavy (non-hydrogen) atoms. The largest absolute Gasteiger partial charge is 0.482 e. The normalized spacial score (nSPS) is 13.9. The van der Waals surface area contributed by atoms with Crippen molar-refractivity contribution in [3.63, 3.8) is 0 Å². The summed E-state index contributed by atoms with van der Waals surface area (Å²) in [4.78, 5) is 22.9. The van der Waals surface area contributed by atoms with Crippen molar-refractivity contribution in [3.8, 4) is 5.75 Å². The molecule has 9 heteroatoms. The SMILES string of the molecule is CCNC(=NCc1ncc(C(C)(C)C)o1)NCCCN1C(=O)COc2ccccc21.I. The highest BCUT2D eigenvalue weighted by Gasteiger charge is 2.24. The zero-order valence-electron chi connectivity index (χ0n) is 18.6. The van der Waals surface area contributed by atoms with E-state index in [9.17, 15) is 4.79 Å². The molecule has 1 amide bonds. The molecular formula is C22H32IN5O3. The number of carbonyl (C=O) groups excluding carboxylic acids is 1. The zero-order chi connectivity index (χ0) is 21.6. The number of aliphatic imine (C=N–C) groups is 1. The first-order valence-electron chi connectivity index (χ1n) is 10.4. The van der Waals surface area contributed by atoms with Gasteiger partial charge in [-0.25, -0.2) is 9.98 Å². The van der Waals surface area contributed by atoms with Crippen molar-refractivity contribution in [2.75, 3.05) is 31.1 Å². The van der Waals surface area contributed by atoms with Gasteiger partial charge in [0.2, 0.25) is 5.89 Å². The summed E-state index contributed by atoms with van der Waals surface area (Å²) in [6, 6.07) is 7.62. The lowest BCUT2D eigenvalue weighted by molar-refractivity contribution is -0.121. The second-order valence-corrected chi connectivity index (χ2v) is 8.15. The standard InChI is InChI=1S/C22H31N5O3.HI/c1-5-23-21(26-14-19-25-13-18(30-19)22(2,3)4)24-11-8-12-27-16-9-6-7-10-17(16)29-15-20(27)28;/h6-7,9-10,13H,5,8,11-12,14-15H2,1-4H3,(H2,23,24,26);1H. The number of nitrogens with zero attached hydrogens (tertiary/aromatic N) is 3. The number of amides is 1. The Morgan fingerprint density at radius 2 is 2.03 bits per heavy atom. The molecule has 1 aromatic heterocycles. The van der Waals surface area contributed by atoms with Crippen LogP contribution in [0.25, 0.3) is 0 Å². The van der Waals surface area contributed by atoms with Gasteiger partial charge in [-0.15, -0.1) is 24.0 Å². The third-order valence-electron chi connectivity index (χ3n) is 4.67. The lowest BCUT2D eigenvalue weighted by Crippen LogP contribution is -2.42. The fourth-order valence-electron chi connectivity index (χ4n) is 3.06. The molecule has 0 fully saturated rings. The summed E-state index contributed by atoms with van der Waals surface area (Å²) in [5, 5.41) is 6.53. The minimum Gasteiger partial charge on any atom is -0.482 e. The second kappa shape index (κ2) is 11.4. The van der Waals surface area contributed by atoms with Gasteiger partial charge < -0.3 is 24.7 Å². The maximum atomic E-state index is 12.2. The molecule has 2 aromatic rings. The Labute approximate surface area is 200 Å². The molecule has 1 aliphatic rings. The van der Waals surface area contributed by atoms with Gasteiger partial charge in [-0.3, -0.25) is 4.79 Å². The molecule has 0 radical (unpaired) electrons. The van der Waals surface area contributed by atoms with Crippen molar-refractivity contribution in [1.29, 1.82) is 0 Å². The number of para-hydroxylation sites is 2. The van der Waals surface area contributed by atoms with Crippen molar-refractivity contribution < 1.29 is 13.9 Å². The minimum absolute atomic E-state index is 0.